The maximum atomic E-state index is 2.67. The van der Waals surface area contributed by atoms with Gasteiger partial charge in [0.15, 0.2) is 0 Å². The number of nitrogens with zero attached hydrogens (tertiary/aromatic N) is 2. The van der Waals surface area contributed by atoms with Gasteiger partial charge in [-0.05, 0) is 31.2 Å². The SMILES string of the molecule is CC1CN(CC2CC2)CCN1Cc1ccccc1. The summed E-state index contributed by atoms with van der Waals surface area (Å²) in [5.74, 6) is 1.03. The van der Waals surface area contributed by atoms with Crippen LogP contribution >= 0.6 is 0 Å². The Morgan fingerprint density at radius 2 is 1.89 bits per heavy atom. The average molecular weight is 244 g/mol. The van der Waals surface area contributed by atoms with Crippen LogP contribution in [0.4, 0.5) is 0 Å². The van der Waals surface area contributed by atoms with Gasteiger partial charge in [0.25, 0.3) is 0 Å². The van der Waals surface area contributed by atoms with Crippen LogP contribution in [0.25, 0.3) is 0 Å². The first kappa shape index (κ1) is 12.2. The standard InChI is InChI=1S/C16H24N2/c1-14-11-17(12-16-7-8-16)9-10-18(14)13-15-5-3-2-4-6-15/h2-6,14,16H,7-13H2,1H3. The van der Waals surface area contributed by atoms with Gasteiger partial charge in [-0.25, -0.2) is 0 Å². The fourth-order valence-electron chi connectivity index (χ4n) is 2.95. The molecule has 2 fully saturated rings. The number of hydrogen-bond acceptors (Lipinski definition) is 2. The molecule has 3 rings (SSSR count). The van der Waals surface area contributed by atoms with Crippen molar-refractivity contribution in [2.24, 2.45) is 5.92 Å². The molecule has 0 radical (unpaired) electrons. The van der Waals surface area contributed by atoms with E-state index in [4.69, 9.17) is 0 Å². The van der Waals surface area contributed by atoms with Gasteiger partial charge in [0.1, 0.15) is 0 Å². The van der Waals surface area contributed by atoms with Crippen molar-refractivity contribution >= 4 is 0 Å². The Balaban J connectivity index is 1.52. The second kappa shape index (κ2) is 5.41. The largest absolute Gasteiger partial charge is 0.300 e. The first-order chi connectivity index (χ1) is 8.81. The van der Waals surface area contributed by atoms with Crippen molar-refractivity contribution in [1.82, 2.24) is 9.80 Å². The van der Waals surface area contributed by atoms with Crippen LogP contribution in [0.5, 0.6) is 0 Å². The summed E-state index contributed by atoms with van der Waals surface area (Å²) < 4.78 is 0. The molecule has 1 unspecified atom stereocenters. The highest BCUT2D eigenvalue weighted by atomic mass is 15.3. The third-order valence-corrected chi connectivity index (χ3v) is 4.29. The lowest BCUT2D eigenvalue weighted by molar-refractivity contribution is 0.0749. The Morgan fingerprint density at radius 1 is 1.11 bits per heavy atom. The number of rotatable bonds is 4. The van der Waals surface area contributed by atoms with Gasteiger partial charge in [-0.3, -0.25) is 4.90 Å². The number of piperazine rings is 1. The molecular weight excluding hydrogens is 220 g/mol. The Morgan fingerprint density at radius 3 is 2.56 bits per heavy atom. The van der Waals surface area contributed by atoms with Gasteiger partial charge in [-0.1, -0.05) is 30.3 Å². The zero-order valence-corrected chi connectivity index (χ0v) is 11.4. The Kier molecular flexibility index (Phi) is 3.67. The number of benzene rings is 1. The quantitative estimate of drug-likeness (QED) is 0.803. The Hall–Kier alpha value is -0.860. The minimum Gasteiger partial charge on any atom is -0.300 e. The summed E-state index contributed by atoms with van der Waals surface area (Å²) in [5, 5.41) is 0. The molecule has 1 aromatic carbocycles. The lowest BCUT2D eigenvalue weighted by Crippen LogP contribution is -2.51. The molecule has 2 nitrogen and oxygen atoms in total. The summed E-state index contributed by atoms with van der Waals surface area (Å²) in [6.45, 7) is 8.57. The Bertz CT molecular complexity index is 372. The van der Waals surface area contributed by atoms with Crippen LogP contribution in [-0.2, 0) is 6.54 Å². The highest BCUT2D eigenvalue weighted by Crippen LogP contribution is 2.30. The van der Waals surface area contributed by atoms with Crippen LogP contribution < -0.4 is 0 Å². The lowest BCUT2D eigenvalue weighted by Gasteiger charge is -2.40. The summed E-state index contributed by atoms with van der Waals surface area (Å²) in [6.07, 6.45) is 2.94. The van der Waals surface area contributed by atoms with Crippen LogP contribution in [0.3, 0.4) is 0 Å². The maximum absolute atomic E-state index is 2.67. The molecule has 98 valence electrons. The van der Waals surface area contributed by atoms with Crippen molar-refractivity contribution in [3.8, 4) is 0 Å². The fourth-order valence-corrected chi connectivity index (χ4v) is 2.95. The normalized spacial score (nSPS) is 26.4. The maximum Gasteiger partial charge on any atom is 0.0237 e. The monoisotopic (exact) mass is 244 g/mol. The molecule has 1 aromatic rings. The average Bonchev–Trinajstić information content (AvgIpc) is 3.18. The van der Waals surface area contributed by atoms with Crippen molar-refractivity contribution in [2.45, 2.75) is 32.4 Å². The van der Waals surface area contributed by atoms with E-state index in [1.807, 2.05) is 0 Å². The van der Waals surface area contributed by atoms with E-state index in [9.17, 15) is 0 Å². The van der Waals surface area contributed by atoms with E-state index < -0.39 is 0 Å². The van der Waals surface area contributed by atoms with Gasteiger partial charge in [-0.2, -0.15) is 0 Å². The second-order valence-electron chi connectivity index (χ2n) is 6.01. The summed E-state index contributed by atoms with van der Waals surface area (Å²) in [7, 11) is 0. The van der Waals surface area contributed by atoms with E-state index in [0.29, 0.717) is 6.04 Å². The second-order valence-corrected chi connectivity index (χ2v) is 6.01. The van der Waals surface area contributed by atoms with Gasteiger partial charge in [-0.15, -0.1) is 0 Å². The van der Waals surface area contributed by atoms with Crippen LogP contribution in [-0.4, -0.2) is 42.0 Å². The van der Waals surface area contributed by atoms with Crippen molar-refractivity contribution in [3.63, 3.8) is 0 Å². The van der Waals surface area contributed by atoms with Gasteiger partial charge >= 0.3 is 0 Å². The zero-order chi connectivity index (χ0) is 12.4. The minimum absolute atomic E-state index is 0.692. The molecule has 1 aliphatic carbocycles. The lowest BCUT2D eigenvalue weighted by atomic mass is 10.1. The van der Waals surface area contributed by atoms with Crippen LogP contribution in [0.15, 0.2) is 30.3 Å². The molecule has 0 N–H and O–H groups in total. The minimum atomic E-state index is 0.692. The van der Waals surface area contributed by atoms with Crippen molar-refractivity contribution < 1.29 is 0 Å². The molecule has 1 atom stereocenters. The third kappa shape index (κ3) is 3.12. The topological polar surface area (TPSA) is 6.48 Å². The summed E-state index contributed by atoms with van der Waals surface area (Å²) in [6, 6.07) is 11.6. The van der Waals surface area contributed by atoms with Crippen molar-refractivity contribution in [3.05, 3.63) is 35.9 Å². The highest BCUT2D eigenvalue weighted by Gasteiger charge is 2.29. The summed E-state index contributed by atoms with van der Waals surface area (Å²) in [5.41, 5.74) is 1.44. The molecular formula is C16H24N2. The smallest absolute Gasteiger partial charge is 0.0237 e. The van der Waals surface area contributed by atoms with E-state index in [1.54, 1.807) is 0 Å². The molecule has 1 saturated heterocycles. The Labute approximate surface area is 111 Å². The number of hydrogen-bond donors (Lipinski definition) is 0. The van der Waals surface area contributed by atoms with Gasteiger partial charge in [0.2, 0.25) is 0 Å². The first-order valence-corrected chi connectivity index (χ1v) is 7.31. The first-order valence-electron chi connectivity index (χ1n) is 7.31. The zero-order valence-electron chi connectivity index (χ0n) is 11.4. The van der Waals surface area contributed by atoms with Crippen LogP contribution in [0.2, 0.25) is 0 Å². The third-order valence-electron chi connectivity index (χ3n) is 4.29. The molecule has 0 spiro atoms. The van der Waals surface area contributed by atoms with Crippen LogP contribution in [0.1, 0.15) is 25.3 Å². The molecule has 18 heavy (non-hydrogen) atoms. The molecule has 2 heteroatoms. The van der Waals surface area contributed by atoms with Gasteiger partial charge in [0.05, 0.1) is 0 Å². The van der Waals surface area contributed by atoms with E-state index >= 15 is 0 Å². The molecule has 0 aromatic heterocycles. The van der Waals surface area contributed by atoms with Crippen molar-refractivity contribution in [1.29, 1.82) is 0 Å². The van der Waals surface area contributed by atoms with E-state index in [2.05, 4.69) is 47.1 Å². The van der Waals surface area contributed by atoms with Crippen LogP contribution in [0, 0.1) is 5.92 Å². The summed E-state index contributed by atoms with van der Waals surface area (Å²) in [4.78, 5) is 5.29. The van der Waals surface area contributed by atoms with E-state index in [1.165, 1.54) is 44.6 Å². The fraction of sp³-hybridized carbons (Fsp3) is 0.625. The van der Waals surface area contributed by atoms with Gasteiger partial charge in [0, 0.05) is 38.8 Å². The molecule has 0 bridgehead atoms. The van der Waals surface area contributed by atoms with Crippen molar-refractivity contribution in [2.75, 3.05) is 26.2 Å². The van der Waals surface area contributed by atoms with E-state index in [-0.39, 0.29) is 0 Å². The summed E-state index contributed by atoms with van der Waals surface area (Å²) >= 11 is 0. The predicted octanol–water partition coefficient (Wildman–Crippen LogP) is 2.60. The highest BCUT2D eigenvalue weighted by molar-refractivity contribution is 5.14. The molecule has 1 aliphatic heterocycles. The molecule has 0 amide bonds. The molecule has 1 heterocycles. The molecule has 1 saturated carbocycles. The van der Waals surface area contributed by atoms with E-state index in [0.717, 1.165) is 12.5 Å². The predicted molar refractivity (Wildman–Crippen MR) is 75.5 cm³/mol. The van der Waals surface area contributed by atoms with Gasteiger partial charge < -0.3 is 4.90 Å². The molecule has 2 aliphatic rings.